The van der Waals surface area contributed by atoms with Crippen LogP contribution in [-0.2, 0) is 12.8 Å². The summed E-state index contributed by atoms with van der Waals surface area (Å²) in [6.45, 7) is 18.9. The third kappa shape index (κ3) is 7.85. The van der Waals surface area contributed by atoms with E-state index >= 15 is 0 Å². The maximum atomic E-state index is 5.96. The molecule has 1 aromatic rings. The van der Waals surface area contributed by atoms with Gasteiger partial charge in [-0.25, -0.2) is 0 Å². The number of unbranched alkanes of at least 4 members (excludes halogenated alkanes) is 6. The Morgan fingerprint density at radius 2 is 1.12 bits per heavy atom. The summed E-state index contributed by atoms with van der Waals surface area (Å²) in [5, 5.41) is 0. The van der Waals surface area contributed by atoms with Crippen molar-refractivity contribution < 1.29 is 0 Å². The van der Waals surface area contributed by atoms with E-state index in [-0.39, 0.29) is 0 Å². The molecule has 0 saturated carbocycles. The minimum absolute atomic E-state index is 0.654. The van der Waals surface area contributed by atoms with E-state index in [0.29, 0.717) is 16.6 Å². The number of hydrogen-bond acceptors (Lipinski definition) is 0. The lowest BCUT2D eigenvalue weighted by Crippen LogP contribution is -2.43. The summed E-state index contributed by atoms with van der Waals surface area (Å²) in [4.78, 5) is 0. The summed E-state index contributed by atoms with van der Waals surface area (Å²) in [5.74, 6) is 6.77. The molecule has 0 radical (unpaired) electrons. The maximum absolute atomic E-state index is 5.96. The van der Waals surface area contributed by atoms with Crippen molar-refractivity contribution in [3.05, 3.63) is 34.4 Å². The van der Waals surface area contributed by atoms with Gasteiger partial charge in [0, 0.05) is 11.1 Å². The number of benzene rings is 1. The zero-order valence-electron chi connectivity index (χ0n) is 22.5. The zero-order valence-corrected chi connectivity index (χ0v) is 23.5. The predicted molar refractivity (Wildman–Crippen MR) is 148 cm³/mol. The Kier molecular flexibility index (Phi) is 13.1. The molecule has 1 heteroatoms. The van der Waals surface area contributed by atoms with E-state index in [1.165, 1.54) is 68.1 Å². The molecule has 0 aliphatic heterocycles. The quantitative estimate of drug-likeness (QED) is 0.159. The van der Waals surface area contributed by atoms with Gasteiger partial charge in [0.1, 0.15) is 8.07 Å². The minimum atomic E-state index is -1.75. The standard InChI is InChI=1S/C31H50Si/c1-10-13-15-17-19-29-24-31(21-22-32(25(4)5,26(6)7)27(8)9)30(23-28(29)12-3)20-18-16-14-11-2/h3,23-27H,10-11,13-20H2,1-2,4-9H3. The topological polar surface area (TPSA) is 0 Å². The minimum Gasteiger partial charge on any atom is -0.125 e. The third-order valence-corrected chi connectivity index (χ3v) is 13.7. The molecule has 1 aromatic carbocycles. The van der Waals surface area contributed by atoms with Crippen molar-refractivity contribution in [2.45, 2.75) is 136 Å². The van der Waals surface area contributed by atoms with Crippen LogP contribution in [0, 0.1) is 23.8 Å². The SMILES string of the molecule is C#Cc1cc(CCCCCC)c(C#C[Si](C(C)C)(C(C)C)C(C)C)cc1CCCCCC. The van der Waals surface area contributed by atoms with Gasteiger partial charge in [0.15, 0.2) is 0 Å². The monoisotopic (exact) mass is 450 g/mol. The highest BCUT2D eigenvalue weighted by molar-refractivity contribution is 6.90. The first-order chi connectivity index (χ1) is 15.2. The van der Waals surface area contributed by atoms with Crippen LogP contribution in [0.1, 0.15) is 129 Å². The second-order valence-electron chi connectivity index (χ2n) is 10.6. The molecule has 0 saturated heterocycles. The Balaban J connectivity index is 3.44. The molecule has 178 valence electrons. The van der Waals surface area contributed by atoms with Crippen molar-refractivity contribution in [2.24, 2.45) is 0 Å². The van der Waals surface area contributed by atoms with Gasteiger partial charge in [-0.2, -0.15) is 0 Å². The molecule has 0 aliphatic carbocycles. The van der Waals surface area contributed by atoms with Gasteiger partial charge in [0.2, 0.25) is 0 Å². The van der Waals surface area contributed by atoms with Gasteiger partial charge in [-0.3, -0.25) is 0 Å². The van der Waals surface area contributed by atoms with Gasteiger partial charge in [-0.05, 0) is 65.6 Å². The van der Waals surface area contributed by atoms with E-state index in [4.69, 9.17) is 6.42 Å². The Bertz CT molecular complexity index is 757. The highest BCUT2D eigenvalue weighted by Gasteiger charge is 2.41. The first-order valence-electron chi connectivity index (χ1n) is 13.4. The first kappa shape index (κ1) is 28.6. The molecular formula is C31H50Si. The van der Waals surface area contributed by atoms with Crippen LogP contribution in [-0.4, -0.2) is 8.07 Å². The predicted octanol–water partition coefficient (Wildman–Crippen LogP) is 9.48. The molecule has 0 amide bonds. The average molecular weight is 451 g/mol. The van der Waals surface area contributed by atoms with E-state index in [1.807, 2.05) is 0 Å². The molecule has 0 aromatic heterocycles. The maximum Gasteiger partial charge on any atom is 0.146 e. The number of rotatable bonds is 13. The fourth-order valence-corrected chi connectivity index (χ4v) is 10.7. The Morgan fingerprint density at radius 1 is 0.688 bits per heavy atom. The Labute approximate surface area is 202 Å². The van der Waals surface area contributed by atoms with Crippen molar-refractivity contribution in [3.63, 3.8) is 0 Å². The van der Waals surface area contributed by atoms with Crippen molar-refractivity contribution in [2.75, 3.05) is 0 Å². The lowest BCUT2D eigenvalue weighted by Gasteiger charge is -2.38. The number of terminal acetylenes is 1. The van der Waals surface area contributed by atoms with E-state index in [0.717, 1.165) is 18.4 Å². The Morgan fingerprint density at radius 3 is 1.53 bits per heavy atom. The van der Waals surface area contributed by atoms with Crippen LogP contribution in [0.3, 0.4) is 0 Å². The van der Waals surface area contributed by atoms with Crippen LogP contribution in [0.15, 0.2) is 12.1 Å². The average Bonchev–Trinajstić information content (AvgIpc) is 2.74. The Hall–Kier alpha value is -1.44. The second kappa shape index (κ2) is 14.7. The van der Waals surface area contributed by atoms with Crippen molar-refractivity contribution in [3.8, 4) is 23.8 Å². The molecular weight excluding hydrogens is 400 g/mol. The van der Waals surface area contributed by atoms with Crippen LogP contribution in [0.25, 0.3) is 0 Å². The van der Waals surface area contributed by atoms with Gasteiger partial charge in [0.25, 0.3) is 0 Å². The van der Waals surface area contributed by atoms with Gasteiger partial charge in [-0.1, -0.05) is 106 Å². The van der Waals surface area contributed by atoms with Crippen LogP contribution >= 0.6 is 0 Å². The van der Waals surface area contributed by atoms with E-state index < -0.39 is 8.07 Å². The smallest absolute Gasteiger partial charge is 0.125 e. The van der Waals surface area contributed by atoms with E-state index in [1.54, 1.807) is 0 Å². The summed E-state index contributed by atoms with van der Waals surface area (Å²) in [7, 11) is -1.75. The molecule has 0 aliphatic rings. The first-order valence-corrected chi connectivity index (χ1v) is 15.6. The number of hydrogen-bond donors (Lipinski definition) is 0. The highest BCUT2D eigenvalue weighted by atomic mass is 28.3. The molecule has 0 fully saturated rings. The summed E-state index contributed by atoms with van der Waals surface area (Å²) in [6, 6.07) is 4.66. The normalized spacial score (nSPS) is 11.7. The molecule has 0 heterocycles. The molecule has 0 N–H and O–H groups in total. The summed E-state index contributed by atoms with van der Waals surface area (Å²) < 4.78 is 0. The lowest BCUT2D eigenvalue weighted by molar-refractivity contribution is 0.662. The second-order valence-corrected chi connectivity index (χ2v) is 16.2. The van der Waals surface area contributed by atoms with Gasteiger partial charge >= 0.3 is 0 Å². The lowest BCUT2D eigenvalue weighted by atomic mass is 9.92. The summed E-state index contributed by atoms with van der Waals surface area (Å²) in [6.07, 6.45) is 18.3. The van der Waals surface area contributed by atoms with Crippen molar-refractivity contribution in [1.29, 1.82) is 0 Å². The molecule has 0 bridgehead atoms. The van der Waals surface area contributed by atoms with E-state index in [2.05, 4.69) is 84.9 Å². The largest absolute Gasteiger partial charge is 0.146 e. The summed E-state index contributed by atoms with van der Waals surface area (Å²) in [5.41, 5.74) is 11.0. The summed E-state index contributed by atoms with van der Waals surface area (Å²) >= 11 is 0. The van der Waals surface area contributed by atoms with Crippen LogP contribution in [0.2, 0.25) is 16.6 Å². The zero-order chi connectivity index (χ0) is 24.1. The van der Waals surface area contributed by atoms with Crippen LogP contribution in [0.4, 0.5) is 0 Å². The highest BCUT2D eigenvalue weighted by Crippen LogP contribution is 2.40. The molecule has 0 unspecified atom stereocenters. The molecule has 0 spiro atoms. The molecule has 0 nitrogen and oxygen atoms in total. The van der Waals surface area contributed by atoms with Crippen LogP contribution < -0.4 is 0 Å². The number of aryl methyl sites for hydroxylation is 2. The van der Waals surface area contributed by atoms with Crippen molar-refractivity contribution in [1.82, 2.24) is 0 Å². The van der Waals surface area contributed by atoms with Gasteiger partial charge in [0.05, 0.1) is 0 Å². The molecule has 1 rings (SSSR count). The van der Waals surface area contributed by atoms with Crippen LogP contribution in [0.5, 0.6) is 0 Å². The fourth-order valence-electron chi connectivity index (χ4n) is 5.45. The van der Waals surface area contributed by atoms with E-state index in [9.17, 15) is 0 Å². The van der Waals surface area contributed by atoms with Crippen molar-refractivity contribution >= 4 is 8.07 Å². The molecule has 0 atom stereocenters. The van der Waals surface area contributed by atoms with Gasteiger partial charge in [-0.15, -0.1) is 12.0 Å². The third-order valence-electron chi connectivity index (χ3n) is 7.36. The molecule has 32 heavy (non-hydrogen) atoms. The fraction of sp³-hybridized carbons (Fsp3) is 0.677. The van der Waals surface area contributed by atoms with Gasteiger partial charge < -0.3 is 0 Å².